The van der Waals surface area contributed by atoms with Crippen LogP contribution in [0, 0.1) is 5.82 Å². The first kappa shape index (κ1) is 13.1. The topological polar surface area (TPSA) is 9.23 Å². The summed E-state index contributed by atoms with van der Waals surface area (Å²) in [6.07, 6.45) is -0.203. The number of ether oxygens (including phenoxy) is 1. The zero-order chi connectivity index (χ0) is 12.8. The molecule has 0 aromatic heterocycles. The summed E-state index contributed by atoms with van der Waals surface area (Å²) >= 11 is 5.66. The van der Waals surface area contributed by atoms with Crippen LogP contribution in [0.15, 0.2) is 54.6 Å². The zero-order valence-corrected chi connectivity index (χ0v) is 10.6. The maximum absolute atomic E-state index is 12.9. The lowest BCUT2D eigenvalue weighted by molar-refractivity contribution is 0.0928. The number of alkyl halides is 1. The standard InChI is InChI=1S/C15H14ClFO/c16-10-11-18-15(12-4-2-1-3-5-12)13-6-8-14(17)9-7-13/h1-9,15H,10-11H2. The van der Waals surface area contributed by atoms with Gasteiger partial charge >= 0.3 is 0 Å². The van der Waals surface area contributed by atoms with Gasteiger partial charge in [0, 0.05) is 5.88 Å². The summed E-state index contributed by atoms with van der Waals surface area (Å²) in [7, 11) is 0. The maximum atomic E-state index is 12.9. The van der Waals surface area contributed by atoms with Gasteiger partial charge < -0.3 is 4.74 Å². The Hall–Kier alpha value is -1.38. The molecule has 0 aliphatic heterocycles. The first-order valence-electron chi connectivity index (χ1n) is 5.79. The molecule has 0 saturated heterocycles. The Morgan fingerprint density at radius 3 is 2.17 bits per heavy atom. The Morgan fingerprint density at radius 1 is 0.944 bits per heavy atom. The van der Waals surface area contributed by atoms with Gasteiger partial charge in [-0.15, -0.1) is 11.6 Å². The third-order valence-electron chi connectivity index (χ3n) is 2.64. The minimum Gasteiger partial charge on any atom is -0.368 e. The van der Waals surface area contributed by atoms with E-state index in [4.69, 9.17) is 16.3 Å². The smallest absolute Gasteiger partial charge is 0.123 e. The van der Waals surface area contributed by atoms with Gasteiger partial charge in [0.1, 0.15) is 11.9 Å². The normalized spacial score (nSPS) is 12.3. The molecule has 0 fully saturated rings. The Balaban J connectivity index is 2.27. The van der Waals surface area contributed by atoms with Crippen molar-refractivity contribution in [2.24, 2.45) is 0 Å². The maximum Gasteiger partial charge on any atom is 0.123 e. The van der Waals surface area contributed by atoms with E-state index in [1.165, 1.54) is 12.1 Å². The quantitative estimate of drug-likeness (QED) is 0.737. The second kappa shape index (κ2) is 6.53. The van der Waals surface area contributed by atoms with Crippen molar-refractivity contribution in [3.05, 3.63) is 71.5 Å². The molecule has 0 spiro atoms. The van der Waals surface area contributed by atoms with Crippen molar-refractivity contribution in [3.8, 4) is 0 Å². The van der Waals surface area contributed by atoms with Gasteiger partial charge in [0.2, 0.25) is 0 Å². The van der Waals surface area contributed by atoms with E-state index in [-0.39, 0.29) is 11.9 Å². The lowest BCUT2D eigenvalue weighted by Gasteiger charge is -2.18. The summed E-state index contributed by atoms with van der Waals surface area (Å²) in [6, 6.07) is 16.2. The Morgan fingerprint density at radius 2 is 1.56 bits per heavy atom. The third-order valence-corrected chi connectivity index (χ3v) is 2.79. The molecule has 1 nitrogen and oxygen atoms in total. The number of hydrogen-bond acceptors (Lipinski definition) is 1. The van der Waals surface area contributed by atoms with Gasteiger partial charge in [-0.3, -0.25) is 0 Å². The van der Waals surface area contributed by atoms with Gasteiger partial charge in [-0.05, 0) is 23.3 Å². The number of benzene rings is 2. The van der Waals surface area contributed by atoms with Crippen LogP contribution in [-0.4, -0.2) is 12.5 Å². The van der Waals surface area contributed by atoms with Gasteiger partial charge in [0.05, 0.1) is 6.61 Å². The predicted molar refractivity (Wildman–Crippen MR) is 71.4 cm³/mol. The molecule has 0 heterocycles. The molecular formula is C15H14ClFO. The molecule has 0 radical (unpaired) electrons. The van der Waals surface area contributed by atoms with Crippen LogP contribution in [0.3, 0.4) is 0 Å². The average Bonchev–Trinajstić information content (AvgIpc) is 2.42. The molecule has 0 amide bonds. The zero-order valence-electron chi connectivity index (χ0n) is 9.85. The molecule has 2 rings (SSSR count). The second-order valence-corrected chi connectivity index (χ2v) is 4.28. The number of rotatable bonds is 5. The van der Waals surface area contributed by atoms with E-state index in [2.05, 4.69) is 0 Å². The highest BCUT2D eigenvalue weighted by atomic mass is 35.5. The van der Waals surface area contributed by atoms with E-state index in [9.17, 15) is 4.39 Å². The molecule has 18 heavy (non-hydrogen) atoms. The van der Waals surface area contributed by atoms with Crippen molar-refractivity contribution < 1.29 is 9.13 Å². The van der Waals surface area contributed by atoms with Crippen LogP contribution in [0.2, 0.25) is 0 Å². The Bertz CT molecular complexity index is 470. The minimum atomic E-state index is -0.247. The molecule has 3 heteroatoms. The van der Waals surface area contributed by atoms with E-state index >= 15 is 0 Å². The lowest BCUT2D eigenvalue weighted by Crippen LogP contribution is -2.08. The van der Waals surface area contributed by atoms with Crippen LogP contribution < -0.4 is 0 Å². The van der Waals surface area contributed by atoms with Crippen LogP contribution >= 0.6 is 11.6 Å². The molecule has 0 bridgehead atoms. The van der Waals surface area contributed by atoms with Gasteiger partial charge in [-0.25, -0.2) is 4.39 Å². The van der Waals surface area contributed by atoms with E-state index in [1.807, 2.05) is 30.3 Å². The summed E-state index contributed by atoms with van der Waals surface area (Å²) in [5.41, 5.74) is 1.96. The number of halogens is 2. The van der Waals surface area contributed by atoms with Crippen molar-refractivity contribution in [1.82, 2.24) is 0 Å². The summed E-state index contributed by atoms with van der Waals surface area (Å²) in [4.78, 5) is 0. The van der Waals surface area contributed by atoms with Crippen molar-refractivity contribution in [2.45, 2.75) is 6.10 Å². The van der Waals surface area contributed by atoms with Crippen molar-refractivity contribution >= 4 is 11.6 Å². The Labute approximate surface area is 111 Å². The van der Waals surface area contributed by atoms with E-state index in [0.29, 0.717) is 12.5 Å². The highest BCUT2D eigenvalue weighted by Crippen LogP contribution is 2.26. The fraction of sp³-hybridized carbons (Fsp3) is 0.200. The Kier molecular flexibility index (Phi) is 4.73. The minimum absolute atomic E-state index is 0.203. The summed E-state index contributed by atoms with van der Waals surface area (Å²) in [6.45, 7) is 0.457. The fourth-order valence-corrected chi connectivity index (χ4v) is 1.90. The van der Waals surface area contributed by atoms with Crippen LogP contribution in [0.4, 0.5) is 4.39 Å². The monoisotopic (exact) mass is 264 g/mol. The molecule has 0 saturated carbocycles. The van der Waals surface area contributed by atoms with Gasteiger partial charge in [0.15, 0.2) is 0 Å². The second-order valence-electron chi connectivity index (χ2n) is 3.90. The van der Waals surface area contributed by atoms with Crippen LogP contribution in [0.5, 0.6) is 0 Å². The van der Waals surface area contributed by atoms with Gasteiger partial charge in [0.25, 0.3) is 0 Å². The van der Waals surface area contributed by atoms with Crippen molar-refractivity contribution in [3.63, 3.8) is 0 Å². The fourth-order valence-electron chi connectivity index (χ4n) is 1.81. The molecule has 0 N–H and O–H groups in total. The van der Waals surface area contributed by atoms with E-state index in [0.717, 1.165) is 11.1 Å². The molecule has 1 atom stereocenters. The van der Waals surface area contributed by atoms with Gasteiger partial charge in [-0.2, -0.15) is 0 Å². The summed E-state index contributed by atoms with van der Waals surface area (Å²) in [5, 5.41) is 0. The molecule has 94 valence electrons. The highest BCUT2D eigenvalue weighted by Gasteiger charge is 2.14. The van der Waals surface area contributed by atoms with Crippen molar-refractivity contribution in [2.75, 3.05) is 12.5 Å². The molecular weight excluding hydrogens is 251 g/mol. The predicted octanol–water partition coefficient (Wildman–Crippen LogP) is 4.17. The van der Waals surface area contributed by atoms with Crippen molar-refractivity contribution in [1.29, 1.82) is 0 Å². The van der Waals surface area contributed by atoms with E-state index < -0.39 is 0 Å². The summed E-state index contributed by atoms with van der Waals surface area (Å²) < 4.78 is 18.7. The first-order valence-corrected chi connectivity index (χ1v) is 6.32. The first-order chi connectivity index (χ1) is 8.81. The van der Waals surface area contributed by atoms with Crippen LogP contribution in [0.25, 0.3) is 0 Å². The molecule has 0 aliphatic rings. The molecule has 1 unspecified atom stereocenters. The third kappa shape index (κ3) is 3.31. The molecule has 0 aliphatic carbocycles. The lowest BCUT2D eigenvalue weighted by atomic mass is 10.0. The molecule has 2 aromatic rings. The number of hydrogen-bond donors (Lipinski definition) is 0. The summed E-state index contributed by atoms with van der Waals surface area (Å²) in [5.74, 6) is 0.188. The average molecular weight is 265 g/mol. The van der Waals surface area contributed by atoms with Crippen LogP contribution in [0.1, 0.15) is 17.2 Å². The highest BCUT2D eigenvalue weighted by molar-refractivity contribution is 6.17. The molecule has 2 aromatic carbocycles. The van der Waals surface area contributed by atoms with Crippen LogP contribution in [-0.2, 0) is 4.74 Å². The largest absolute Gasteiger partial charge is 0.368 e. The van der Waals surface area contributed by atoms with E-state index in [1.54, 1.807) is 12.1 Å². The van der Waals surface area contributed by atoms with Gasteiger partial charge in [-0.1, -0.05) is 42.5 Å². The SMILES string of the molecule is Fc1ccc(C(OCCCl)c2ccccc2)cc1.